The fourth-order valence-corrected chi connectivity index (χ4v) is 3.23. The van der Waals surface area contributed by atoms with Crippen LogP contribution in [0.2, 0.25) is 5.02 Å². The van der Waals surface area contributed by atoms with E-state index in [-0.39, 0.29) is 5.75 Å². The molecular weight excluding hydrogens is 296 g/mol. The van der Waals surface area contributed by atoms with Crippen molar-refractivity contribution < 1.29 is 13.2 Å². The van der Waals surface area contributed by atoms with Crippen LogP contribution in [-0.4, -0.2) is 20.8 Å². The molecule has 0 amide bonds. The Morgan fingerprint density at radius 2 is 1.75 bits per heavy atom. The van der Waals surface area contributed by atoms with Crippen molar-refractivity contribution in [3.8, 4) is 5.75 Å². The van der Waals surface area contributed by atoms with Gasteiger partial charge in [-0.2, -0.15) is 0 Å². The van der Waals surface area contributed by atoms with E-state index in [1.807, 2.05) is 0 Å². The molecule has 0 heterocycles. The van der Waals surface area contributed by atoms with Gasteiger partial charge in [-0.25, -0.2) is 8.42 Å². The van der Waals surface area contributed by atoms with Crippen molar-refractivity contribution in [2.75, 3.05) is 12.4 Å². The summed E-state index contributed by atoms with van der Waals surface area (Å²) in [4.78, 5) is 0.350. The van der Waals surface area contributed by atoms with Crippen LogP contribution in [0.25, 0.3) is 0 Å². The summed E-state index contributed by atoms with van der Waals surface area (Å²) in [6.07, 6.45) is 0.434. The molecule has 0 spiro atoms. The van der Waals surface area contributed by atoms with E-state index >= 15 is 0 Å². The summed E-state index contributed by atoms with van der Waals surface area (Å²) in [5.74, 6) is 0.715. The molecule has 0 unspecified atom stereocenters. The predicted octanol–water partition coefficient (Wildman–Crippen LogP) is 3.58. The topological polar surface area (TPSA) is 43.4 Å². The Balaban J connectivity index is 1.84. The third-order valence-corrected chi connectivity index (χ3v) is 4.78. The average Bonchev–Trinajstić information content (AvgIpc) is 2.45. The number of hydrogen-bond donors (Lipinski definition) is 0. The van der Waals surface area contributed by atoms with Crippen molar-refractivity contribution in [3.05, 3.63) is 59.6 Å². The first-order valence-corrected chi connectivity index (χ1v) is 8.27. The summed E-state index contributed by atoms with van der Waals surface area (Å²) in [6.45, 7) is 0.340. The van der Waals surface area contributed by atoms with Gasteiger partial charge in [-0.1, -0.05) is 35.9 Å². The molecule has 0 atom stereocenters. The van der Waals surface area contributed by atoms with Gasteiger partial charge in [0.2, 0.25) is 0 Å². The zero-order chi connectivity index (χ0) is 14.4. The zero-order valence-electron chi connectivity index (χ0n) is 10.8. The van der Waals surface area contributed by atoms with E-state index < -0.39 is 9.84 Å². The summed E-state index contributed by atoms with van der Waals surface area (Å²) in [5.41, 5.74) is 0. The molecule has 0 aliphatic heterocycles. The van der Waals surface area contributed by atoms with Crippen LogP contribution >= 0.6 is 11.6 Å². The van der Waals surface area contributed by atoms with Crippen LogP contribution in [0.4, 0.5) is 0 Å². The molecule has 2 aromatic carbocycles. The Kier molecular flexibility index (Phi) is 5.04. The molecule has 3 nitrogen and oxygen atoms in total. The second-order valence-corrected chi connectivity index (χ2v) is 6.84. The Labute approximate surface area is 124 Å². The third-order valence-electron chi connectivity index (χ3n) is 2.72. The number of sulfone groups is 1. The highest BCUT2D eigenvalue weighted by Crippen LogP contribution is 2.17. The molecular formula is C15H15ClO3S. The molecule has 2 rings (SSSR count). The molecule has 0 aliphatic carbocycles. The Morgan fingerprint density at radius 1 is 1.00 bits per heavy atom. The second kappa shape index (κ2) is 6.77. The van der Waals surface area contributed by atoms with Gasteiger partial charge in [-0.05, 0) is 36.8 Å². The summed E-state index contributed by atoms with van der Waals surface area (Å²) < 4.78 is 29.5. The van der Waals surface area contributed by atoms with Gasteiger partial charge >= 0.3 is 0 Å². The van der Waals surface area contributed by atoms with Crippen LogP contribution < -0.4 is 4.74 Å². The molecule has 0 saturated carbocycles. The molecule has 0 fully saturated rings. The Hall–Kier alpha value is -1.52. The van der Waals surface area contributed by atoms with Crippen LogP contribution in [0.3, 0.4) is 0 Å². The fraction of sp³-hybridized carbons (Fsp3) is 0.200. The van der Waals surface area contributed by atoms with Gasteiger partial charge in [-0.3, -0.25) is 0 Å². The third kappa shape index (κ3) is 4.25. The second-order valence-electron chi connectivity index (χ2n) is 4.29. The lowest BCUT2D eigenvalue weighted by Crippen LogP contribution is -2.10. The molecule has 0 N–H and O–H groups in total. The van der Waals surface area contributed by atoms with Gasteiger partial charge in [0.1, 0.15) is 5.75 Å². The Bertz CT molecular complexity index is 654. The SMILES string of the molecule is O=S(=O)(CCCOc1cccc(Cl)c1)c1ccccc1. The first-order chi connectivity index (χ1) is 9.58. The lowest BCUT2D eigenvalue weighted by atomic mass is 10.3. The highest BCUT2D eigenvalue weighted by atomic mass is 35.5. The summed E-state index contributed by atoms with van der Waals surface area (Å²) in [6, 6.07) is 15.5. The molecule has 0 saturated heterocycles. The van der Waals surface area contributed by atoms with E-state index in [0.717, 1.165) is 0 Å². The van der Waals surface area contributed by atoms with Crippen molar-refractivity contribution in [1.29, 1.82) is 0 Å². The van der Waals surface area contributed by atoms with Gasteiger partial charge in [-0.15, -0.1) is 0 Å². The van der Waals surface area contributed by atoms with Crippen LogP contribution in [0.1, 0.15) is 6.42 Å². The predicted molar refractivity (Wildman–Crippen MR) is 80.1 cm³/mol. The molecule has 20 heavy (non-hydrogen) atoms. The maximum atomic E-state index is 12.0. The minimum Gasteiger partial charge on any atom is -0.494 e. The van der Waals surface area contributed by atoms with Gasteiger partial charge in [0.15, 0.2) is 9.84 Å². The van der Waals surface area contributed by atoms with Crippen LogP contribution in [0.5, 0.6) is 5.75 Å². The number of halogens is 1. The minimum atomic E-state index is -3.23. The fourth-order valence-electron chi connectivity index (χ4n) is 1.74. The highest BCUT2D eigenvalue weighted by molar-refractivity contribution is 7.91. The van der Waals surface area contributed by atoms with Gasteiger partial charge in [0.05, 0.1) is 17.3 Å². The molecule has 0 aromatic heterocycles. The smallest absolute Gasteiger partial charge is 0.178 e. The quantitative estimate of drug-likeness (QED) is 0.766. The van der Waals surface area contributed by atoms with E-state index in [1.165, 1.54) is 0 Å². The van der Waals surface area contributed by atoms with E-state index in [9.17, 15) is 8.42 Å². The molecule has 2 aromatic rings. The first kappa shape index (κ1) is 14.9. The van der Waals surface area contributed by atoms with E-state index in [0.29, 0.717) is 28.7 Å². The summed E-state index contributed by atoms with van der Waals surface area (Å²) >= 11 is 5.83. The van der Waals surface area contributed by atoms with Crippen molar-refractivity contribution in [3.63, 3.8) is 0 Å². The number of ether oxygens (including phenoxy) is 1. The minimum absolute atomic E-state index is 0.0670. The van der Waals surface area contributed by atoms with Crippen molar-refractivity contribution in [1.82, 2.24) is 0 Å². The normalized spacial score (nSPS) is 11.2. The lowest BCUT2D eigenvalue weighted by Gasteiger charge is -2.07. The van der Waals surface area contributed by atoms with Gasteiger partial charge in [0.25, 0.3) is 0 Å². The molecule has 0 aliphatic rings. The molecule has 0 radical (unpaired) electrons. The van der Waals surface area contributed by atoms with Crippen molar-refractivity contribution in [2.45, 2.75) is 11.3 Å². The van der Waals surface area contributed by atoms with E-state index in [4.69, 9.17) is 16.3 Å². The van der Waals surface area contributed by atoms with E-state index in [2.05, 4.69) is 0 Å². The van der Waals surface area contributed by atoms with Crippen LogP contribution in [-0.2, 0) is 9.84 Å². The zero-order valence-corrected chi connectivity index (χ0v) is 12.4. The highest BCUT2D eigenvalue weighted by Gasteiger charge is 2.13. The number of hydrogen-bond acceptors (Lipinski definition) is 3. The van der Waals surface area contributed by atoms with Gasteiger partial charge in [0, 0.05) is 5.02 Å². The maximum absolute atomic E-state index is 12.0. The standard InChI is InChI=1S/C15H15ClO3S/c16-13-6-4-7-14(12-13)19-10-5-11-20(17,18)15-8-2-1-3-9-15/h1-4,6-9,12H,5,10-11H2. The molecule has 5 heteroatoms. The largest absolute Gasteiger partial charge is 0.494 e. The summed E-state index contributed by atoms with van der Waals surface area (Å²) in [7, 11) is -3.23. The van der Waals surface area contributed by atoms with Crippen LogP contribution in [0.15, 0.2) is 59.5 Å². The van der Waals surface area contributed by atoms with Crippen molar-refractivity contribution in [2.24, 2.45) is 0 Å². The first-order valence-electron chi connectivity index (χ1n) is 6.24. The van der Waals surface area contributed by atoms with Gasteiger partial charge < -0.3 is 4.74 Å². The molecule has 0 bridgehead atoms. The summed E-state index contributed by atoms with van der Waals surface area (Å²) in [5, 5.41) is 0.597. The molecule has 106 valence electrons. The average molecular weight is 311 g/mol. The number of benzene rings is 2. The maximum Gasteiger partial charge on any atom is 0.178 e. The lowest BCUT2D eigenvalue weighted by molar-refractivity contribution is 0.317. The monoisotopic (exact) mass is 310 g/mol. The van der Waals surface area contributed by atoms with E-state index in [1.54, 1.807) is 54.6 Å². The Morgan fingerprint density at radius 3 is 2.45 bits per heavy atom. The van der Waals surface area contributed by atoms with Crippen molar-refractivity contribution >= 4 is 21.4 Å². The number of rotatable bonds is 6. The van der Waals surface area contributed by atoms with Crippen LogP contribution in [0, 0.1) is 0 Å².